The van der Waals surface area contributed by atoms with E-state index in [1.165, 1.54) is 6.07 Å². The minimum absolute atomic E-state index is 0.0174. The minimum atomic E-state index is -1.09. The van der Waals surface area contributed by atoms with Gasteiger partial charge in [-0.05, 0) is 36.6 Å². The van der Waals surface area contributed by atoms with E-state index < -0.39 is 23.6 Å². The lowest BCUT2D eigenvalue weighted by Crippen LogP contribution is -2.49. The van der Waals surface area contributed by atoms with Crippen molar-refractivity contribution in [3.63, 3.8) is 0 Å². The van der Waals surface area contributed by atoms with E-state index in [9.17, 15) is 18.4 Å². The summed E-state index contributed by atoms with van der Waals surface area (Å²) >= 11 is 0. The third-order valence-electron chi connectivity index (χ3n) is 4.49. The van der Waals surface area contributed by atoms with E-state index in [4.69, 9.17) is 0 Å². The molecule has 136 valence electrons. The quantitative estimate of drug-likeness (QED) is 0.893. The normalized spacial score (nSPS) is 14.9. The van der Waals surface area contributed by atoms with E-state index in [1.807, 2.05) is 30.3 Å². The summed E-state index contributed by atoms with van der Waals surface area (Å²) in [5.41, 5.74) is 0.895. The Balaban J connectivity index is 1.78. The Kier molecular flexibility index (Phi) is 5.61. The van der Waals surface area contributed by atoms with Crippen molar-refractivity contribution in [3.05, 3.63) is 71.3 Å². The smallest absolute Gasteiger partial charge is 0.252 e. The lowest BCUT2D eigenvalue weighted by atomic mass is 10.0. The van der Waals surface area contributed by atoms with Crippen LogP contribution < -0.4 is 5.32 Å². The molecule has 0 saturated carbocycles. The highest BCUT2D eigenvalue weighted by Gasteiger charge is 2.28. The number of rotatable bonds is 5. The summed E-state index contributed by atoms with van der Waals surface area (Å²) < 4.78 is 26.5. The average Bonchev–Trinajstić information content (AvgIpc) is 3.18. The van der Waals surface area contributed by atoms with E-state index >= 15 is 0 Å². The van der Waals surface area contributed by atoms with Gasteiger partial charge in [-0.3, -0.25) is 9.59 Å². The van der Waals surface area contributed by atoms with E-state index in [-0.39, 0.29) is 11.5 Å². The van der Waals surface area contributed by atoms with Crippen LogP contribution in [0.1, 0.15) is 28.8 Å². The largest absolute Gasteiger partial charge is 0.341 e. The molecule has 1 aliphatic heterocycles. The second-order valence-electron chi connectivity index (χ2n) is 6.38. The van der Waals surface area contributed by atoms with Crippen molar-refractivity contribution in [2.75, 3.05) is 13.1 Å². The Labute approximate surface area is 150 Å². The van der Waals surface area contributed by atoms with Gasteiger partial charge in [-0.2, -0.15) is 0 Å². The first-order valence-electron chi connectivity index (χ1n) is 8.63. The standard InChI is InChI=1S/C20H20F2N2O2/c21-16-9-8-15(13-17(16)22)19(25)23-18(12-14-6-2-1-3-7-14)20(26)24-10-4-5-11-24/h1-3,6-9,13,18H,4-5,10-12H2,(H,23,25)/t18-/m0/s1. The van der Waals surface area contributed by atoms with Crippen LogP contribution in [0.3, 0.4) is 0 Å². The Bertz CT molecular complexity index is 790. The highest BCUT2D eigenvalue weighted by atomic mass is 19.2. The van der Waals surface area contributed by atoms with Gasteiger partial charge in [-0.25, -0.2) is 8.78 Å². The molecule has 0 unspecified atom stereocenters. The van der Waals surface area contributed by atoms with Crippen LogP contribution in [0.25, 0.3) is 0 Å². The lowest BCUT2D eigenvalue weighted by Gasteiger charge is -2.24. The van der Waals surface area contributed by atoms with Crippen LogP contribution in [-0.4, -0.2) is 35.8 Å². The fourth-order valence-electron chi connectivity index (χ4n) is 3.09. The average molecular weight is 358 g/mol. The van der Waals surface area contributed by atoms with Crippen LogP contribution in [0.2, 0.25) is 0 Å². The lowest BCUT2D eigenvalue weighted by molar-refractivity contribution is -0.132. The molecular weight excluding hydrogens is 338 g/mol. The molecule has 1 aliphatic rings. The first-order chi connectivity index (χ1) is 12.5. The van der Waals surface area contributed by atoms with Gasteiger partial charge in [-0.15, -0.1) is 0 Å². The zero-order chi connectivity index (χ0) is 18.5. The van der Waals surface area contributed by atoms with Crippen LogP contribution in [0.4, 0.5) is 8.78 Å². The van der Waals surface area contributed by atoms with Gasteiger partial charge >= 0.3 is 0 Å². The van der Waals surface area contributed by atoms with Crippen molar-refractivity contribution in [1.29, 1.82) is 0 Å². The summed E-state index contributed by atoms with van der Waals surface area (Å²) in [6.07, 6.45) is 2.23. The van der Waals surface area contributed by atoms with E-state index in [2.05, 4.69) is 5.32 Å². The molecule has 6 heteroatoms. The molecular formula is C20H20F2N2O2. The Morgan fingerprint density at radius 3 is 2.35 bits per heavy atom. The van der Waals surface area contributed by atoms with Crippen LogP contribution >= 0.6 is 0 Å². The zero-order valence-electron chi connectivity index (χ0n) is 14.3. The number of hydrogen-bond donors (Lipinski definition) is 1. The van der Waals surface area contributed by atoms with Crippen molar-refractivity contribution < 1.29 is 18.4 Å². The van der Waals surface area contributed by atoms with Crippen molar-refractivity contribution in [2.45, 2.75) is 25.3 Å². The highest BCUT2D eigenvalue weighted by molar-refractivity contribution is 5.97. The van der Waals surface area contributed by atoms with Crippen LogP contribution in [0, 0.1) is 11.6 Å². The number of hydrogen-bond acceptors (Lipinski definition) is 2. The highest BCUT2D eigenvalue weighted by Crippen LogP contribution is 2.14. The molecule has 2 aromatic rings. The summed E-state index contributed by atoms with van der Waals surface area (Å²) in [5, 5.41) is 2.69. The van der Waals surface area contributed by atoms with Gasteiger partial charge in [0.25, 0.3) is 5.91 Å². The molecule has 0 radical (unpaired) electrons. The maximum atomic E-state index is 13.4. The van der Waals surface area contributed by atoms with Gasteiger partial charge in [0.05, 0.1) is 0 Å². The molecule has 4 nitrogen and oxygen atoms in total. The fraction of sp³-hybridized carbons (Fsp3) is 0.300. The molecule has 3 rings (SSSR count). The number of likely N-dealkylation sites (tertiary alicyclic amines) is 1. The molecule has 1 atom stereocenters. The van der Waals surface area contributed by atoms with Gasteiger partial charge in [0.2, 0.25) is 5.91 Å². The second-order valence-corrected chi connectivity index (χ2v) is 6.38. The topological polar surface area (TPSA) is 49.4 Å². The number of amides is 2. The van der Waals surface area contributed by atoms with Gasteiger partial charge in [-0.1, -0.05) is 30.3 Å². The number of nitrogens with one attached hydrogen (secondary N) is 1. The van der Waals surface area contributed by atoms with Gasteiger partial charge in [0.1, 0.15) is 6.04 Å². The monoisotopic (exact) mass is 358 g/mol. The summed E-state index contributed by atoms with van der Waals surface area (Å²) in [4.78, 5) is 27.0. The van der Waals surface area contributed by atoms with E-state index in [1.54, 1.807) is 4.90 Å². The number of benzene rings is 2. The van der Waals surface area contributed by atoms with E-state index in [0.717, 1.165) is 30.5 Å². The molecule has 0 spiro atoms. The Hall–Kier alpha value is -2.76. The van der Waals surface area contributed by atoms with Crippen molar-refractivity contribution >= 4 is 11.8 Å². The third kappa shape index (κ3) is 4.25. The number of nitrogens with zero attached hydrogens (tertiary/aromatic N) is 1. The summed E-state index contributed by atoms with van der Waals surface area (Å²) in [6.45, 7) is 1.34. The molecule has 1 heterocycles. The Morgan fingerprint density at radius 1 is 1.00 bits per heavy atom. The predicted octanol–water partition coefficient (Wildman–Crippen LogP) is 2.93. The molecule has 2 amide bonds. The first-order valence-corrected chi connectivity index (χ1v) is 8.63. The number of carbonyl (C=O) groups is 2. The van der Waals surface area contributed by atoms with Crippen molar-refractivity contribution in [3.8, 4) is 0 Å². The van der Waals surface area contributed by atoms with Gasteiger partial charge in [0.15, 0.2) is 11.6 Å². The minimum Gasteiger partial charge on any atom is -0.341 e. The third-order valence-corrected chi connectivity index (χ3v) is 4.49. The van der Waals surface area contributed by atoms with E-state index in [0.29, 0.717) is 19.5 Å². The molecule has 1 saturated heterocycles. The summed E-state index contributed by atoms with van der Waals surface area (Å²) in [5.74, 6) is -2.86. The first kappa shape index (κ1) is 18.0. The number of carbonyl (C=O) groups excluding carboxylic acids is 2. The summed E-state index contributed by atoms with van der Waals surface area (Å²) in [6, 6.07) is 11.6. The maximum absolute atomic E-state index is 13.4. The molecule has 0 aliphatic carbocycles. The van der Waals surface area contributed by atoms with Crippen LogP contribution in [-0.2, 0) is 11.2 Å². The van der Waals surface area contributed by atoms with Crippen LogP contribution in [0.5, 0.6) is 0 Å². The molecule has 1 N–H and O–H groups in total. The van der Waals surface area contributed by atoms with Gasteiger partial charge < -0.3 is 10.2 Å². The molecule has 26 heavy (non-hydrogen) atoms. The maximum Gasteiger partial charge on any atom is 0.252 e. The fourth-order valence-corrected chi connectivity index (χ4v) is 3.09. The molecule has 2 aromatic carbocycles. The van der Waals surface area contributed by atoms with Crippen LogP contribution in [0.15, 0.2) is 48.5 Å². The van der Waals surface area contributed by atoms with Gasteiger partial charge in [0, 0.05) is 25.1 Å². The summed E-state index contributed by atoms with van der Waals surface area (Å²) in [7, 11) is 0. The number of halogens is 2. The zero-order valence-corrected chi connectivity index (χ0v) is 14.3. The SMILES string of the molecule is O=C(N[C@@H](Cc1ccccc1)C(=O)N1CCCC1)c1ccc(F)c(F)c1. The Morgan fingerprint density at radius 2 is 1.69 bits per heavy atom. The molecule has 1 fully saturated rings. The predicted molar refractivity (Wildman–Crippen MR) is 93.6 cm³/mol. The van der Waals surface area contributed by atoms with Crippen molar-refractivity contribution in [1.82, 2.24) is 10.2 Å². The molecule has 0 aromatic heterocycles. The van der Waals surface area contributed by atoms with Crippen molar-refractivity contribution in [2.24, 2.45) is 0 Å². The second kappa shape index (κ2) is 8.08. The molecule has 0 bridgehead atoms.